The Bertz CT molecular complexity index is 699. The van der Waals surface area contributed by atoms with Crippen LogP contribution >= 0.6 is 11.8 Å². The van der Waals surface area contributed by atoms with Crippen LogP contribution in [-0.4, -0.2) is 6.26 Å². The van der Waals surface area contributed by atoms with Crippen molar-refractivity contribution in [3.05, 3.63) is 66.7 Å². The molecule has 2 aromatic carbocycles. The van der Waals surface area contributed by atoms with Gasteiger partial charge in [-0.2, -0.15) is 0 Å². The number of rotatable bonds is 3. The lowest BCUT2D eigenvalue weighted by molar-refractivity contribution is 0.582. The molecule has 0 amide bonds. The summed E-state index contributed by atoms with van der Waals surface area (Å²) in [5, 5.41) is 0. The average molecular weight is 284 g/mol. The van der Waals surface area contributed by atoms with E-state index in [1.54, 1.807) is 30.2 Å². The second-order valence-corrected chi connectivity index (χ2v) is 5.28. The summed E-state index contributed by atoms with van der Waals surface area (Å²) in [4.78, 5) is 1.22. The van der Waals surface area contributed by atoms with Crippen molar-refractivity contribution in [1.82, 2.24) is 0 Å². The fraction of sp³-hybridized carbons (Fsp3) is 0.0588. The molecule has 0 aliphatic heterocycles. The maximum atomic E-state index is 13.0. The van der Waals surface area contributed by atoms with E-state index in [9.17, 15) is 4.39 Å². The first kappa shape index (κ1) is 13.0. The van der Waals surface area contributed by atoms with E-state index in [2.05, 4.69) is 30.5 Å². The smallest absolute Gasteiger partial charge is 0.141 e. The Kier molecular flexibility index (Phi) is 3.61. The van der Waals surface area contributed by atoms with Crippen molar-refractivity contribution in [2.24, 2.45) is 0 Å². The molecule has 0 saturated carbocycles. The third-order valence-electron chi connectivity index (χ3n) is 3.17. The fourth-order valence-corrected chi connectivity index (χ4v) is 2.54. The molecule has 0 N–H and O–H groups in total. The Labute approximate surface area is 121 Å². The SMILES string of the molecule is CSc1ccc(-c2ccoc2-c2ccc(F)cc2)cc1. The first-order valence-corrected chi connectivity index (χ1v) is 7.48. The third kappa shape index (κ3) is 2.49. The van der Waals surface area contributed by atoms with Gasteiger partial charge in [0.2, 0.25) is 0 Å². The number of hydrogen-bond acceptors (Lipinski definition) is 2. The van der Waals surface area contributed by atoms with Crippen LogP contribution in [0.4, 0.5) is 4.39 Å². The molecule has 100 valence electrons. The summed E-state index contributed by atoms with van der Waals surface area (Å²) < 4.78 is 18.6. The number of furan rings is 1. The summed E-state index contributed by atoms with van der Waals surface area (Å²) in [6.45, 7) is 0. The van der Waals surface area contributed by atoms with Gasteiger partial charge < -0.3 is 4.42 Å². The zero-order chi connectivity index (χ0) is 13.9. The zero-order valence-electron chi connectivity index (χ0n) is 11.0. The van der Waals surface area contributed by atoms with Gasteiger partial charge in [-0.1, -0.05) is 12.1 Å². The van der Waals surface area contributed by atoms with Crippen LogP contribution in [0.1, 0.15) is 0 Å². The average Bonchev–Trinajstić information content (AvgIpc) is 2.97. The molecule has 0 atom stereocenters. The van der Waals surface area contributed by atoms with Gasteiger partial charge in [0.1, 0.15) is 11.6 Å². The van der Waals surface area contributed by atoms with Gasteiger partial charge in [-0.15, -0.1) is 11.8 Å². The Morgan fingerprint density at radius 1 is 0.850 bits per heavy atom. The van der Waals surface area contributed by atoms with E-state index in [0.717, 1.165) is 22.5 Å². The van der Waals surface area contributed by atoms with Crippen LogP contribution in [0.5, 0.6) is 0 Å². The van der Waals surface area contributed by atoms with Crippen LogP contribution in [-0.2, 0) is 0 Å². The molecule has 1 aromatic heterocycles. The Morgan fingerprint density at radius 2 is 1.50 bits per heavy atom. The van der Waals surface area contributed by atoms with Gasteiger partial charge in [0.25, 0.3) is 0 Å². The molecule has 3 heteroatoms. The van der Waals surface area contributed by atoms with Crippen molar-refractivity contribution in [2.45, 2.75) is 4.90 Å². The van der Waals surface area contributed by atoms with E-state index in [1.165, 1.54) is 17.0 Å². The van der Waals surface area contributed by atoms with Gasteiger partial charge in [-0.05, 0) is 54.3 Å². The van der Waals surface area contributed by atoms with Crippen molar-refractivity contribution >= 4 is 11.8 Å². The molecule has 0 bridgehead atoms. The maximum Gasteiger partial charge on any atom is 0.141 e. The highest BCUT2D eigenvalue weighted by atomic mass is 32.2. The van der Waals surface area contributed by atoms with Gasteiger partial charge in [0, 0.05) is 16.0 Å². The normalized spacial score (nSPS) is 10.7. The number of benzene rings is 2. The Hall–Kier alpha value is -2.00. The van der Waals surface area contributed by atoms with Crippen LogP contribution in [0.3, 0.4) is 0 Å². The summed E-state index contributed by atoms with van der Waals surface area (Å²) in [6.07, 6.45) is 3.72. The molecule has 0 radical (unpaired) electrons. The van der Waals surface area contributed by atoms with Crippen LogP contribution < -0.4 is 0 Å². The molecular weight excluding hydrogens is 271 g/mol. The lowest BCUT2D eigenvalue weighted by atomic mass is 10.0. The van der Waals surface area contributed by atoms with Crippen LogP contribution in [0.2, 0.25) is 0 Å². The number of halogens is 1. The summed E-state index contributed by atoms with van der Waals surface area (Å²) in [5.41, 5.74) is 2.99. The predicted octanol–water partition coefficient (Wildman–Crippen LogP) is 5.47. The van der Waals surface area contributed by atoms with E-state index in [-0.39, 0.29) is 5.82 Å². The van der Waals surface area contributed by atoms with E-state index in [1.807, 2.05) is 6.07 Å². The standard InChI is InChI=1S/C17H13FOS/c1-20-15-8-4-12(5-9-15)16-10-11-19-17(16)13-2-6-14(18)7-3-13/h2-11H,1H3. The molecule has 0 unspecified atom stereocenters. The molecule has 1 heterocycles. The summed E-state index contributed by atoms with van der Waals surface area (Å²) in [7, 11) is 0. The second-order valence-electron chi connectivity index (χ2n) is 4.40. The number of hydrogen-bond donors (Lipinski definition) is 0. The largest absolute Gasteiger partial charge is 0.464 e. The maximum absolute atomic E-state index is 13.0. The van der Waals surface area contributed by atoms with Crippen molar-refractivity contribution < 1.29 is 8.81 Å². The lowest BCUT2D eigenvalue weighted by Gasteiger charge is -2.04. The summed E-state index contributed by atoms with van der Waals surface area (Å²) in [5.74, 6) is 0.521. The highest BCUT2D eigenvalue weighted by molar-refractivity contribution is 7.98. The van der Waals surface area contributed by atoms with E-state index >= 15 is 0 Å². The van der Waals surface area contributed by atoms with Crippen LogP contribution in [0.15, 0.2) is 70.2 Å². The van der Waals surface area contributed by atoms with Gasteiger partial charge in [0.05, 0.1) is 6.26 Å². The van der Waals surface area contributed by atoms with Crippen molar-refractivity contribution in [3.8, 4) is 22.5 Å². The molecule has 20 heavy (non-hydrogen) atoms. The zero-order valence-corrected chi connectivity index (χ0v) is 11.8. The minimum atomic E-state index is -0.244. The van der Waals surface area contributed by atoms with E-state index in [0.29, 0.717) is 0 Å². The quantitative estimate of drug-likeness (QED) is 0.591. The molecule has 0 aliphatic carbocycles. The van der Waals surface area contributed by atoms with Gasteiger partial charge >= 0.3 is 0 Å². The van der Waals surface area contributed by atoms with Crippen LogP contribution in [0.25, 0.3) is 22.5 Å². The van der Waals surface area contributed by atoms with Gasteiger partial charge in [0.15, 0.2) is 0 Å². The minimum absolute atomic E-state index is 0.244. The van der Waals surface area contributed by atoms with E-state index in [4.69, 9.17) is 4.42 Å². The monoisotopic (exact) mass is 284 g/mol. The van der Waals surface area contributed by atoms with Crippen molar-refractivity contribution in [3.63, 3.8) is 0 Å². The second kappa shape index (κ2) is 5.55. The van der Waals surface area contributed by atoms with Crippen LogP contribution in [0, 0.1) is 5.82 Å². The van der Waals surface area contributed by atoms with Gasteiger partial charge in [-0.3, -0.25) is 0 Å². The first-order chi connectivity index (χ1) is 9.78. The highest BCUT2D eigenvalue weighted by Gasteiger charge is 2.11. The third-order valence-corrected chi connectivity index (χ3v) is 3.92. The molecule has 3 rings (SSSR count). The van der Waals surface area contributed by atoms with Crippen molar-refractivity contribution in [1.29, 1.82) is 0 Å². The first-order valence-electron chi connectivity index (χ1n) is 6.26. The summed E-state index contributed by atoms with van der Waals surface area (Å²) in [6, 6.07) is 16.6. The fourth-order valence-electron chi connectivity index (χ4n) is 2.13. The molecular formula is C17H13FOS. The highest BCUT2D eigenvalue weighted by Crippen LogP contribution is 2.33. The van der Waals surface area contributed by atoms with Crippen molar-refractivity contribution in [2.75, 3.05) is 6.26 Å². The number of thioether (sulfide) groups is 1. The van der Waals surface area contributed by atoms with Gasteiger partial charge in [-0.25, -0.2) is 4.39 Å². The molecule has 3 aromatic rings. The lowest BCUT2D eigenvalue weighted by Crippen LogP contribution is -1.81. The molecule has 1 nitrogen and oxygen atoms in total. The Morgan fingerprint density at radius 3 is 2.15 bits per heavy atom. The molecule has 0 spiro atoms. The molecule has 0 aliphatic rings. The molecule has 0 saturated heterocycles. The Balaban J connectivity index is 2.02. The molecule has 0 fully saturated rings. The summed E-state index contributed by atoms with van der Waals surface area (Å²) >= 11 is 1.71. The minimum Gasteiger partial charge on any atom is -0.464 e. The topological polar surface area (TPSA) is 13.1 Å². The van der Waals surface area contributed by atoms with E-state index < -0.39 is 0 Å². The predicted molar refractivity (Wildman–Crippen MR) is 81.3 cm³/mol.